The van der Waals surface area contributed by atoms with Crippen molar-refractivity contribution in [3.8, 4) is 0 Å². The van der Waals surface area contributed by atoms with Gasteiger partial charge in [-0.05, 0) is 12.0 Å². The van der Waals surface area contributed by atoms with E-state index in [0.717, 1.165) is 52.3 Å². The van der Waals surface area contributed by atoms with Crippen LogP contribution in [0.15, 0.2) is 30.3 Å². The molecule has 1 amide bonds. The lowest BCUT2D eigenvalue weighted by atomic mass is 10.1. The molecule has 0 saturated carbocycles. The van der Waals surface area contributed by atoms with Gasteiger partial charge >= 0.3 is 0 Å². The Hall–Kier alpha value is -1.43. The second-order valence-corrected chi connectivity index (χ2v) is 6.39. The fraction of sp³-hybridized carbons (Fsp3) is 0.611. The number of carbonyl (C=O) groups is 1. The molecule has 3 rings (SSSR count). The van der Waals surface area contributed by atoms with Gasteiger partial charge in [0.2, 0.25) is 5.91 Å². The molecule has 5 heteroatoms. The Bertz CT molecular complexity index is 480. The lowest BCUT2D eigenvalue weighted by Crippen LogP contribution is -2.51. The maximum absolute atomic E-state index is 12.4. The monoisotopic (exact) mass is 317 g/mol. The summed E-state index contributed by atoms with van der Waals surface area (Å²) in [6.07, 6.45) is 1.64. The van der Waals surface area contributed by atoms with Crippen LogP contribution in [0.4, 0.5) is 0 Å². The van der Waals surface area contributed by atoms with Crippen LogP contribution in [-0.2, 0) is 16.0 Å². The summed E-state index contributed by atoms with van der Waals surface area (Å²) in [6.45, 7) is 6.99. The quantitative estimate of drug-likeness (QED) is 0.870. The second-order valence-electron chi connectivity index (χ2n) is 6.39. The van der Waals surface area contributed by atoms with Crippen LogP contribution in [0.5, 0.6) is 0 Å². The molecule has 0 radical (unpaired) electrons. The number of nitrogens with one attached hydrogen (secondary N) is 1. The van der Waals surface area contributed by atoms with E-state index in [1.165, 1.54) is 5.56 Å². The highest BCUT2D eigenvalue weighted by molar-refractivity contribution is 5.77. The molecular weight excluding hydrogens is 290 g/mol. The van der Waals surface area contributed by atoms with E-state index >= 15 is 0 Å². The summed E-state index contributed by atoms with van der Waals surface area (Å²) in [5, 5.41) is 3.35. The molecule has 0 aliphatic carbocycles. The van der Waals surface area contributed by atoms with Crippen molar-refractivity contribution >= 4 is 5.91 Å². The van der Waals surface area contributed by atoms with Gasteiger partial charge in [0.05, 0.1) is 13.2 Å². The van der Waals surface area contributed by atoms with Crippen molar-refractivity contribution in [2.24, 2.45) is 0 Å². The van der Waals surface area contributed by atoms with Crippen molar-refractivity contribution in [3.63, 3.8) is 0 Å². The van der Waals surface area contributed by atoms with E-state index in [-0.39, 0.29) is 11.9 Å². The van der Waals surface area contributed by atoms with Crippen molar-refractivity contribution in [3.05, 3.63) is 35.9 Å². The van der Waals surface area contributed by atoms with Gasteiger partial charge in [0.1, 0.15) is 0 Å². The van der Waals surface area contributed by atoms with E-state index in [0.29, 0.717) is 13.0 Å². The van der Waals surface area contributed by atoms with E-state index in [2.05, 4.69) is 40.5 Å². The Morgan fingerprint density at radius 1 is 1.17 bits per heavy atom. The Kier molecular flexibility index (Phi) is 6.02. The molecule has 0 aromatic heterocycles. The summed E-state index contributed by atoms with van der Waals surface area (Å²) in [6, 6.07) is 10.8. The maximum atomic E-state index is 12.4. The molecule has 1 atom stereocenters. The van der Waals surface area contributed by atoms with Gasteiger partial charge < -0.3 is 15.0 Å². The summed E-state index contributed by atoms with van der Waals surface area (Å²) < 4.78 is 5.42. The number of piperazine rings is 1. The molecule has 2 aliphatic rings. The van der Waals surface area contributed by atoms with E-state index < -0.39 is 0 Å². The first-order valence-corrected chi connectivity index (χ1v) is 8.66. The first-order valence-electron chi connectivity index (χ1n) is 8.66. The summed E-state index contributed by atoms with van der Waals surface area (Å²) in [4.78, 5) is 16.8. The summed E-state index contributed by atoms with van der Waals surface area (Å²) in [5.74, 6) is 0.260. The lowest BCUT2D eigenvalue weighted by Gasteiger charge is -2.35. The molecule has 126 valence electrons. The number of ether oxygens (including phenoxy) is 1. The summed E-state index contributed by atoms with van der Waals surface area (Å²) in [5.41, 5.74) is 1.38. The minimum Gasteiger partial charge on any atom is -0.378 e. The highest BCUT2D eigenvalue weighted by atomic mass is 16.5. The molecular formula is C18H27N3O2. The topological polar surface area (TPSA) is 44.8 Å². The molecule has 1 aromatic rings. The van der Waals surface area contributed by atoms with Crippen LogP contribution in [0, 0.1) is 0 Å². The first kappa shape index (κ1) is 16.4. The normalized spacial score (nSPS) is 23.0. The van der Waals surface area contributed by atoms with E-state index in [4.69, 9.17) is 4.74 Å². The molecule has 1 aromatic carbocycles. The Morgan fingerprint density at radius 3 is 2.65 bits per heavy atom. The zero-order valence-corrected chi connectivity index (χ0v) is 13.7. The number of nitrogens with zero attached hydrogens (tertiary/aromatic N) is 2. The Morgan fingerprint density at radius 2 is 1.96 bits per heavy atom. The number of rotatable bonds is 5. The van der Waals surface area contributed by atoms with Crippen molar-refractivity contribution < 1.29 is 9.53 Å². The standard InChI is InChI=1S/C18H27N3O2/c22-18(14-17-15-23-13-7-19-17)21-11-9-20(10-12-21)8-6-16-4-2-1-3-5-16/h1-5,17,19H,6-15H2. The molecule has 1 N–H and O–H groups in total. The van der Waals surface area contributed by atoms with Gasteiger partial charge in [0, 0.05) is 51.7 Å². The maximum Gasteiger partial charge on any atom is 0.224 e. The van der Waals surface area contributed by atoms with E-state index in [9.17, 15) is 4.79 Å². The zero-order valence-electron chi connectivity index (χ0n) is 13.7. The third kappa shape index (κ3) is 5.03. The largest absolute Gasteiger partial charge is 0.378 e. The number of morpholine rings is 1. The van der Waals surface area contributed by atoms with Crippen LogP contribution < -0.4 is 5.32 Å². The fourth-order valence-electron chi connectivity index (χ4n) is 3.24. The Labute approximate surface area is 138 Å². The molecule has 1 unspecified atom stereocenters. The van der Waals surface area contributed by atoms with Crippen LogP contribution in [0.1, 0.15) is 12.0 Å². The average Bonchev–Trinajstić information content (AvgIpc) is 2.62. The molecule has 2 saturated heterocycles. The van der Waals surface area contributed by atoms with Gasteiger partial charge in [0.15, 0.2) is 0 Å². The SMILES string of the molecule is O=C(CC1COCCN1)N1CCN(CCc2ccccc2)CC1. The van der Waals surface area contributed by atoms with Crippen LogP contribution >= 0.6 is 0 Å². The molecule has 2 aliphatic heterocycles. The predicted octanol–water partition coefficient (Wildman–Crippen LogP) is 0.752. The fourth-order valence-corrected chi connectivity index (χ4v) is 3.24. The smallest absolute Gasteiger partial charge is 0.224 e. The number of benzene rings is 1. The number of carbonyl (C=O) groups excluding carboxylic acids is 1. The van der Waals surface area contributed by atoms with Crippen LogP contribution in [0.25, 0.3) is 0 Å². The third-order valence-electron chi connectivity index (χ3n) is 4.70. The van der Waals surface area contributed by atoms with E-state index in [1.807, 2.05) is 4.90 Å². The predicted molar refractivity (Wildman–Crippen MR) is 90.4 cm³/mol. The van der Waals surface area contributed by atoms with Gasteiger partial charge in [-0.1, -0.05) is 30.3 Å². The molecule has 23 heavy (non-hydrogen) atoms. The first-order chi connectivity index (χ1) is 11.3. The van der Waals surface area contributed by atoms with Crippen LogP contribution in [-0.4, -0.2) is 74.2 Å². The molecule has 5 nitrogen and oxygen atoms in total. The van der Waals surface area contributed by atoms with Crippen LogP contribution in [0.3, 0.4) is 0 Å². The van der Waals surface area contributed by atoms with Gasteiger partial charge in [-0.3, -0.25) is 9.69 Å². The molecule has 0 bridgehead atoms. The number of hydrogen-bond acceptors (Lipinski definition) is 4. The molecule has 0 spiro atoms. The van der Waals surface area contributed by atoms with Gasteiger partial charge in [-0.2, -0.15) is 0 Å². The van der Waals surface area contributed by atoms with Gasteiger partial charge in [0.25, 0.3) is 0 Å². The minimum atomic E-state index is 0.187. The molecule has 2 heterocycles. The van der Waals surface area contributed by atoms with Crippen LogP contribution in [0.2, 0.25) is 0 Å². The van der Waals surface area contributed by atoms with Crippen molar-refractivity contribution in [2.45, 2.75) is 18.9 Å². The molecule has 2 fully saturated rings. The summed E-state index contributed by atoms with van der Waals surface area (Å²) in [7, 11) is 0. The lowest BCUT2D eigenvalue weighted by molar-refractivity contribution is -0.134. The second kappa shape index (κ2) is 8.43. The van der Waals surface area contributed by atoms with Crippen molar-refractivity contribution in [1.82, 2.24) is 15.1 Å². The summed E-state index contributed by atoms with van der Waals surface area (Å²) >= 11 is 0. The highest BCUT2D eigenvalue weighted by Gasteiger charge is 2.24. The van der Waals surface area contributed by atoms with E-state index in [1.54, 1.807) is 0 Å². The Balaban J connectivity index is 1.37. The third-order valence-corrected chi connectivity index (χ3v) is 4.70. The van der Waals surface area contributed by atoms with Crippen molar-refractivity contribution in [1.29, 1.82) is 0 Å². The van der Waals surface area contributed by atoms with Gasteiger partial charge in [-0.15, -0.1) is 0 Å². The highest BCUT2D eigenvalue weighted by Crippen LogP contribution is 2.08. The number of amides is 1. The zero-order chi connectivity index (χ0) is 15.9. The average molecular weight is 317 g/mol. The number of hydrogen-bond donors (Lipinski definition) is 1. The minimum absolute atomic E-state index is 0.187. The van der Waals surface area contributed by atoms with Crippen molar-refractivity contribution in [2.75, 3.05) is 52.5 Å². The van der Waals surface area contributed by atoms with Gasteiger partial charge in [-0.25, -0.2) is 0 Å².